The maximum Gasteiger partial charge on any atom is 0.303 e. The van der Waals surface area contributed by atoms with Crippen molar-refractivity contribution in [2.75, 3.05) is 19.0 Å². The molecule has 35 heavy (non-hydrogen) atoms. The first-order chi connectivity index (χ1) is 16.4. The average molecular weight is 517 g/mol. The minimum absolute atomic E-state index is 0.0881. The summed E-state index contributed by atoms with van der Waals surface area (Å²) in [5.74, 6) is -3.44. The van der Waals surface area contributed by atoms with E-state index in [2.05, 4.69) is 0 Å². The first-order valence-electron chi connectivity index (χ1n) is 10.6. The predicted molar refractivity (Wildman–Crippen MR) is 116 cm³/mol. The minimum atomic E-state index is -3.71. The molecule has 12 nitrogen and oxygen atoms in total. The molecule has 13 heteroatoms. The highest BCUT2D eigenvalue weighted by atomic mass is 32.2. The van der Waals surface area contributed by atoms with Crippen molar-refractivity contribution in [3.8, 4) is 0 Å². The van der Waals surface area contributed by atoms with Gasteiger partial charge in [0.15, 0.2) is 34.4 Å². The molecule has 0 bridgehead atoms. The fraction of sp³-hybridized carbons (Fsp3) is 0.545. The summed E-state index contributed by atoms with van der Waals surface area (Å²) in [5.41, 5.74) is 0. The van der Waals surface area contributed by atoms with Crippen LogP contribution in [0.15, 0.2) is 35.2 Å². The third kappa shape index (κ3) is 8.60. The molecule has 194 valence electrons. The Morgan fingerprint density at radius 3 is 1.89 bits per heavy atom. The van der Waals surface area contributed by atoms with E-state index in [-0.39, 0.29) is 11.5 Å². The predicted octanol–water partition coefficient (Wildman–Crippen LogP) is 0.560. The molecule has 0 radical (unpaired) electrons. The number of benzene rings is 1. The lowest BCUT2D eigenvalue weighted by molar-refractivity contribution is -0.307. The Kier molecular flexibility index (Phi) is 10.2. The molecule has 1 aliphatic rings. The summed E-state index contributed by atoms with van der Waals surface area (Å²) < 4.78 is 57.3. The molecule has 0 aliphatic carbocycles. The van der Waals surface area contributed by atoms with E-state index in [0.717, 1.165) is 27.7 Å². The van der Waals surface area contributed by atoms with Gasteiger partial charge in [-0.05, 0) is 12.1 Å². The summed E-state index contributed by atoms with van der Waals surface area (Å²) in [6.45, 7) is 3.63. The zero-order valence-corrected chi connectivity index (χ0v) is 20.5. The van der Waals surface area contributed by atoms with E-state index in [9.17, 15) is 27.6 Å². The Bertz CT molecular complexity index is 1010. The van der Waals surface area contributed by atoms with E-state index in [1.807, 2.05) is 0 Å². The van der Waals surface area contributed by atoms with Crippen molar-refractivity contribution in [1.82, 2.24) is 0 Å². The van der Waals surface area contributed by atoms with Crippen LogP contribution in [0, 0.1) is 0 Å². The molecule has 1 aromatic carbocycles. The second kappa shape index (κ2) is 12.6. The highest BCUT2D eigenvalue weighted by molar-refractivity contribution is 7.91. The molecule has 1 fully saturated rings. The molecule has 0 spiro atoms. The molecule has 1 aromatic rings. The van der Waals surface area contributed by atoms with Gasteiger partial charge in [-0.15, -0.1) is 0 Å². The van der Waals surface area contributed by atoms with Crippen LogP contribution in [0.25, 0.3) is 0 Å². The normalized spacial score (nSPS) is 24.2. The highest BCUT2D eigenvalue weighted by Gasteiger charge is 2.52. The number of ether oxygens (including phenoxy) is 6. The first kappa shape index (κ1) is 28.2. The van der Waals surface area contributed by atoms with Crippen molar-refractivity contribution < 1.29 is 56.0 Å². The van der Waals surface area contributed by atoms with Crippen molar-refractivity contribution in [3.63, 3.8) is 0 Å². The monoisotopic (exact) mass is 516 g/mol. The van der Waals surface area contributed by atoms with E-state index >= 15 is 0 Å². The number of carbonyl (C=O) groups is 4. The van der Waals surface area contributed by atoms with E-state index in [1.165, 1.54) is 12.1 Å². The van der Waals surface area contributed by atoms with E-state index in [4.69, 9.17) is 28.4 Å². The SMILES string of the molecule is CC(=O)OC[C@H]1O[C@@H](OCCS(=O)(=O)c2ccccc2)[C@H](OC(C)=O)[C@@H](OC(C)=O)[C@@H]1OC(C)=O. The van der Waals surface area contributed by atoms with Crippen LogP contribution in [0.2, 0.25) is 0 Å². The lowest BCUT2D eigenvalue weighted by atomic mass is 9.98. The first-order valence-corrected chi connectivity index (χ1v) is 12.3. The van der Waals surface area contributed by atoms with Gasteiger partial charge in [0.05, 0.1) is 17.3 Å². The molecule has 0 saturated carbocycles. The summed E-state index contributed by atoms with van der Waals surface area (Å²) in [5, 5.41) is 0. The Labute approximate surface area is 202 Å². The maximum absolute atomic E-state index is 12.6. The summed E-state index contributed by atoms with van der Waals surface area (Å²) in [7, 11) is -3.71. The van der Waals surface area contributed by atoms with Crippen molar-refractivity contribution in [1.29, 1.82) is 0 Å². The number of esters is 4. The maximum atomic E-state index is 12.6. The van der Waals surface area contributed by atoms with Gasteiger partial charge in [0.25, 0.3) is 0 Å². The van der Waals surface area contributed by atoms with E-state index in [1.54, 1.807) is 18.2 Å². The fourth-order valence-electron chi connectivity index (χ4n) is 3.34. The van der Waals surface area contributed by atoms with Gasteiger partial charge in [-0.3, -0.25) is 19.2 Å². The Balaban J connectivity index is 2.30. The Morgan fingerprint density at radius 2 is 1.34 bits per heavy atom. The molecule has 1 saturated heterocycles. The molecule has 5 atom stereocenters. The van der Waals surface area contributed by atoms with Gasteiger partial charge in [0, 0.05) is 27.7 Å². The second-order valence-corrected chi connectivity index (χ2v) is 9.68. The zero-order chi connectivity index (χ0) is 26.2. The lowest BCUT2D eigenvalue weighted by Crippen LogP contribution is -2.63. The topological polar surface area (TPSA) is 158 Å². The lowest BCUT2D eigenvalue weighted by Gasteiger charge is -2.44. The summed E-state index contributed by atoms with van der Waals surface area (Å²) in [4.78, 5) is 46.7. The van der Waals surface area contributed by atoms with Gasteiger partial charge in [-0.2, -0.15) is 0 Å². The molecular weight excluding hydrogens is 488 g/mol. The third-order valence-electron chi connectivity index (χ3n) is 4.68. The summed E-state index contributed by atoms with van der Waals surface area (Å²) in [6, 6.07) is 7.70. The minimum Gasteiger partial charge on any atom is -0.463 e. The quantitative estimate of drug-likeness (QED) is 0.315. The molecular formula is C22H28O12S. The van der Waals surface area contributed by atoms with Crippen LogP contribution in [-0.2, 0) is 57.4 Å². The van der Waals surface area contributed by atoms with Gasteiger partial charge in [-0.25, -0.2) is 8.42 Å². The van der Waals surface area contributed by atoms with Crippen LogP contribution in [0.1, 0.15) is 27.7 Å². The van der Waals surface area contributed by atoms with Gasteiger partial charge in [-0.1, -0.05) is 18.2 Å². The Morgan fingerprint density at radius 1 is 0.800 bits per heavy atom. The molecule has 2 rings (SSSR count). The number of carbonyl (C=O) groups excluding carboxylic acids is 4. The van der Waals surface area contributed by atoms with Gasteiger partial charge in [0.2, 0.25) is 0 Å². The van der Waals surface area contributed by atoms with Gasteiger partial charge in [0.1, 0.15) is 12.7 Å². The average Bonchev–Trinajstić information content (AvgIpc) is 2.76. The van der Waals surface area contributed by atoms with Crippen molar-refractivity contribution in [3.05, 3.63) is 30.3 Å². The van der Waals surface area contributed by atoms with E-state index in [0.29, 0.717) is 0 Å². The van der Waals surface area contributed by atoms with Crippen LogP contribution in [0.3, 0.4) is 0 Å². The summed E-state index contributed by atoms with van der Waals surface area (Å²) >= 11 is 0. The third-order valence-corrected chi connectivity index (χ3v) is 6.38. The molecule has 0 N–H and O–H groups in total. The number of sulfone groups is 1. The van der Waals surface area contributed by atoms with Gasteiger partial charge >= 0.3 is 23.9 Å². The van der Waals surface area contributed by atoms with Crippen molar-refractivity contribution in [2.24, 2.45) is 0 Å². The van der Waals surface area contributed by atoms with E-state index < -0.39 is 76.8 Å². The smallest absolute Gasteiger partial charge is 0.303 e. The van der Waals surface area contributed by atoms with Crippen LogP contribution < -0.4 is 0 Å². The fourth-order valence-corrected chi connectivity index (χ4v) is 4.47. The molecule has 1 heterocycles. The second-order valence-electron chi connectivity index (χ2n) is 7.57. The number of hydrogen-bond acceptors (Lipinski definition) is 12. The highest BCUT2D eigenvalue weighted by Crippen LogP contribution is 2.30. The van der Waals surface area contributed by atoms with Crippen molar-refractivity contribution >= 4 is 33.7 Å². The molecule has 1 aliphatic heterocycles. The van der Waals surface area contributed by atoms with Crippen LogP contribution in [-0.4, -0.2) is 82.0 Å². The molecule has 0 amide bonds. The van der Waals surface area contributed by atoms with Crippen LogP contribution in [0.5, 0.6) is 0 Å². The van der Waals surface area contributed by atoms with Gasteiger partial charge < -0.3 is 28.4 Å². The van der Waals surface area contributed by atoms with Crippen LogP contribution in [0.4, 0.5) is 0 Å². The van der Waals surface area contributed by atoms with Crippen molar-refractivity contribution in [2.45, 2.75) is 63.3 Å². The molecule has 0 aromatic heterocycles. The van der Waals surface area contributed by atoms with Crippen LogP contribution >= 0.6 is 0 Å². The standard InChI is InChI=1S/C22H28O12S/c1-13(23)30-12-18-19(31-14(2)24)20(32-15(3)25)21(33-16(4)26)22(34-18)29-10-11-35(27,28)17-8-6-5-7-9-17/h5-9,18-22H,10-12H2,1-4H3/t18-,19-,20+,21-,22-/m1/s1. The molecule has 0 unspecified atom stereocenters. The number of rotatable bonds is 10. The number of hydrogen-bond donors (Lipinski definition) is 0. The summed E-state index contributed by atoms with van der Waals surface area (Å²) in [6.07, 6.45) is -6.77. The Hall–Kier alpha value is -3.03. The zero-order valence-electron chi connectivity index (χ0n) is 19.7. The largest absolute Gasteiger partial charge is 0.463 e.